The van der Waals surface area contributed by atoms with Crippen molar-refractivity contribution >= 4 is 22.9 Å². The van der Waals surface area contributed by atoms with Gasteiger partial charge >= 0.3 is 6.09 Å². The minimum atomic E-state index is -0.913. The van der Waals surface area contributed by atoms with Crippen LogP contribution in [0.3, 0.4) is 0 Å². The number of rotatable bonds is 10. The van der Waals surface area contributed by atoms with E-state index in [9.17, 15) is 18.4 Å². The highest BCUT2D eigenvalue weighted by atomic mass is 19.1. The van der Waals surface area contributed by atoms with Gasteiger partial charge in [-0.1, -0.05) is 13.8 Å². The van der Waals surface area contributed by atoms with E-state index in [4.69, 9.17) is 9.47 Å². The molecule has 2 aromatic carbocycles. The second kappa shape index (κ2) is 11.8. The van der Waals surface area contributed by atoms with Crippen LogP contribution in [0.2, 0.25) is 0 Å². The second-order valence-electron chi connectivity index (χ2n) is 9.05. The summed E-state index contributed by atoms with van der Waals surface area (Å²) in [5.41, 5.74) is 0.675. The maximum absolute atomic E-state index is 14.3. The fourth-order valence-corrected chi connectivity index (χ4v) is 3.52. The molecule has 1 heterocycles. The Morgan fingerprint density at radius 2 is 1.86 bits per heavy atom. The van der Waals surface area contributed by atoms with E-state index in [2.05, 4.69) is 15.7 Å². The number of hydrogen-bond acceptors (Lipinski definition) is 6. The maximum atomic E-state index is 14.3. The minimum Gasteiger partial charge on any atom is -0.450 e. The van der Waals surface area contributed by atoms with Crippen molar-refractivity contribution in [3.8, 4) is 17.2 Å². The fourth-order valence-electron chi connectivity index (χ4n) is 3.52. The first-order valence-electron chi connectivity index (χ1n) is 11.5. The van der Waals surface area contributed by atoms with Gasteiger partial charge in [0.2, 0.25) is 5.91 Å². The molecule has 0 unspecified atom stereocenters. The number of ether oxygens (including phenoxy) is 2. The summed E-state index contributed by atoms with van der Waals surface area (Å²) < 4.78 is 40.6. The molecule has 194 valence electrons. The van der Waals surface area contributed by atoms with Crippen molar-refractivity contribution in [2.45, 2.75) is 32.9 Å². The Balaban J connectivity index is 1.94. The zero-order valence-corrected chi connectivity index (χ0v) is 21.0. The van der Waals surface area contributed by atoms with Gasteiger partial charge in [-0.2, -0.15) is 5.10 Å². The third kappa shape index (κ3) is 6.91. The smallest absolute Gasteiger partial charge is 0.413 e. The molecule has 11 heteroatoms. The summed E-state index contributed by atoms with van der Waals surface area (Å²) in [5.74, 6) is -1.97. The third-order valence-corrected chi connectivity index (χ3v) is 5.28. The lowest BCUT2D eigenvalue weighted by Gasteiger charge is -2.20. The Morgan fingerprint density at radius 3 is 2.50 bits per heavy atom. The fraction of sp³-hybridized carbons (Fsp3) is 0.400. The van der Waals surface area contributed by atoms with Crippen LogP contribution >= 0.6 is 0 Å². The number of benzene rings is 2. The molecule has 0 bridgehead atoms. The Hall–Kier alpha value is -3.73. The molecule has 0 aliphatic carbocycles. The van der Waals surface area contributed by atoms with Gasteiger partial charge in [0.25, 0.3) is 0 Å². The molecule has 3 rings (SSSR count). The first-order valence-corrected chi connectivity index (χ1v) is 11.5. The molecule has 0 radical (unpaired) electrons. The van der Waals surface area contributed by atoms with Gasteiger partial charge < -0.3 is 25.0 Å². The Labute approximate surface area is 208 Å². The van der Waals surface area contributed by atoms with E-state index in [1.54, 1.807) is 23.0 Å². The molecule has 36 heavy (non-hydrogen) atoms. The van der Waals surface area contributed by atoms with Gasteiger partial charge in [-0.25, -0.2) is 13.6 Å². The zero-order chi connectivity index (χ0) is 26.4. The summed E-state index contributed by atoms with van der Waals surface area (Å²) in [6.45, 7) is 5.25. The van der Waals surface area contributed by atoms with Crippen molar-refractivity contribution in [2.75, 3.05) is 27.7 Å². The molecule has 0 fully saturated rings. The first kappa shape index (κ1) is 26.9. The highest BCUT2D eigenvalue weighted by Crippen LogP contribution is 2.37. The zero-order valence-electron chi connectivity index (χ0n) is 21.0. The van der Waals surface area contributed by atoms with Gasteiger partial charge in [0, 0.05) is 31.1 Å². The molecule has 9 nitrogen and oxygen atoms in total. The van der Waals surface area contributed by atoms with E-state index in [0.717, 1.165) is 12.1 Å². The summed E-state index contributed by atoms with van der Waals surface area (Å²) in [4.78, 5) is 27.0. The van der Waals surface area contributed by atoms with E-state index in [0.29, 0.717) is 42.4 Å². The van der Waals surface area contributed by atoms with Crippen LogP contribution in [0.5, 0.6) is 17.2 Å². The Kier molecular flexibility index (Phi) is 8.81. The van der Waals surface area contributed by atoms with Crippen LogP contribution < -0.4 is 20.1 Å². The number of carbonyl (C=O) groups excluding carboxylic acids is 2. The van der Waals surface area contributed by atoms with E-state index >= 15 is 0 Å². The number of nitrogens with zero attached hydrogens (tertiary/aromatic N) is 3. The van der Waals surface area contributed by atoms with Gasteiger partial charge in [-0.3, -0.25) is 9.48 Å². The number of aromatic nitrogens is 2. The van der Waals surface area contributed by atoms with Gasteiger partial charge in [-0.05, 0) is 51.2 Å². The highest BCUT2D eigenvalue weighted by molar-refractivity contribution is 5.87. The van der Waals surface area contributed by atoms with Crippen molar-refractivity contribution in [3.05, 3.63) is 48.2 Å². The molecular weight excluding hydrogens is 472 g/mol. The Morgan fingerprint density at radius 1 is 1.11 bits per heavy atom. The standard InChI is InChI=1S/C25H31F2N5O4/c1-15(2)14-32-20-12-23(36-25(34)30-19(24(33)28-3)8-9-31(4)5)22(10-16(20)13-29-32)35-21-7-6-17(26)11-18(21)27/h6-7,10-13,15,19H,8-9,14H2,1-5H3,(H,28,33)(H,30,34)/t19-/m0/s1. The van der Waals surface area contributed by atoms with E-state index < -0.39 is 23.8 Å². The predicted molar refractivity (Wildman–Crippen MR) is 131 cm³/mol. The number of hydrogen-bond donors (Lipinski definition) is 2. The molecule has 2 N–H and O–H groups in total. The molecule has 0 aliphatic heterocycles. The van der Waals surface area contributed by atoms with Crippen LogP contribution in [-0.4, -0.2) is 60.4 Å². The van der Waals surface area contributed by atoms with Crippen LogP contribution in [0.1, 0.15) is 20.3 Å². The summed E-state index contributed by atoms with van der Waals surface area (Å²) >= 11 is 0. The predicted octanol–water partition coefficient (Wildman–Crippen LogP) is 3.92. The van der Waals surface area contributed by atoms with E-state index in [1.807, 2.05) is 32.8 Å². The quantitative estimate of drug-likeness (QED) is 0.435. The average molecular weight is 504 g/mol. The number of fused-ring (bicyclic) bond motifs is 1. The van der Waals surface area contributed by atoms with Crippen molar-refractivity contribution < 1.29 is 27.8 Å². The molecule has 0 aliphatic rings. The first-order chi connectivity index (χ1) is 17.1. The normalized spacial score (nSPS) is 12.1. The van der Waals surface area contributed by atoms with Crippen LogP contribution in [0.25, 0.3) is 10.9 Å². The van der Waals surface area contributed by atoms with Crippen molar-refractivity contribution in [1.82, 2.24) is 25.3 Å². The van der Waals surface area contributed by atoms with Crippen molar-refractivity contribution in [3.63, 3.8) is 0 Å². The second-order valence-corrected chi connectivity index (χ2v) is 9.05. The summed E-state index contributed by atoms with van der Waals surface area (Å²) in [7, 11) is 5.19. The summed E-state index contributed by atoms with van der Waals surface area (Å²) in [6.07, 6.45) is 1.09. The number of halogens is 2. The molecule has 0 spiro atoms. The molecule has 1 atom stereocenters. The minimum absolute atomic E-state index is 0.0162. The van der Waals surface area contributed by atoms with Crippen LogP contribution in [-0.2, 0) is 11.3 Å². The van der Waals surface area contributed by atoms with Gasteiger partial charge in [0.1, 0.15) is 11.9 Å². The van der Waals surface area contributed by atoms with Crippen LogP contribution in [0.15, 0.2) is 36.5 Å². The summed E-state index contributed by atoms with van der Waals surface area (Å²) in [6, 6.07) is 5.19. The number of carbonyl (C=O) groups is 2. The van der Waals surface area contributed by atoms with Gasteiger partial charge in [0.15, 0.2) is 23.1 Å². The molecule has 1 aromatic heterocycles. The highest BCUT2D eigenvalue weighted by Gasteiger charge is 2.23. The Bertz CT molecular complexity index is 1230. The summed E-state index contributed by atoms with van der Waals surface area (Å²) in [5, 5.41) is 10.1. The average Bonchev–Trinajstić information content (AvgIpc) is 3.18. The van der Waals surface area contributed by atoms with E-state index in [-0.39, 0.29) is 23.2 Å². The number of amides is 2. The maximum Gasteiger partial charge on any atom is 0.413 e. The van der Waals surface area contributed by atoms with Crippen molar-refractivity contribution in [2.24, 2.45) is 5.92 Å². The van der Waals surface area contributed by atoms with Gasteiger partial charge in [0.05, 0.1) is 11.7 Å². The van der Waals surface area contributed by atoms with Crippen LogP contribution in [0.4, 0.5) is 13.6 Å². The SMILES string of the molecule is CNC(=O)[C@H](CCN(C)C)NC(=O)Oc1cc2c(cnn2CC(C)C)cc1Oc1ccc(F)cc1F. The van der Waals surface area contributed by atoms with E-state index in [1.165, 1.54) is 7.05 Å². The van der Waals surface area contributed by atoms with Gasteiger partial charge in [-0.15, -0.1) is 0 Å². The molecule has 3 aromatic rings. The molecule has 2 amide bonds. The van der Waals surface area contributed by atoms with Crippen LogP contribution in [0, 0.1) is 17.6 Å². The molecule has 0 saturated carbocycles. The number of likely N-dealkylation sites (N-methyl/N-ethyl adjacent to an activating group) is 1. The van der Waals surface area contributed by atoms with Crippen molar-refractivity contribution in [1.29, 1.82) is 0 Å². The lowest BCUT2D eigenvalue weighted by Crippen LogP contribution is -2.47. The molecular formula is C25H31F2N5O4. The third-order valence-electron chi connectivity index (χ3n) is 5.28. The monoisotopic (exact) mass is 503 g/mol. The lowest BCUT2D eigenvalue weighted by molar-refractivity contribution is -0.122. The largest absolute Gasteiger partial charge is 0.450 e. The number of nitrogens with one attached hydrogen (secondary N) is 2. The molecule has 0 saturated heterocycles. The topological polar surface area (TPSA) is 97.7 Å². The lowest BCUT2D eigenvalue weighted by atomic mass is 10.2.